The van der Waals surface area contributed by atoms with Gasteiger partial charge >= 0.3 is 0 Å². The van der Waals surface area contributed by atoms with Gasteiger partial charge in [0, 0.05) is 6.54 Å². The molecular formula is C12H20N2O2. The molecule has 2 aliphatic rings. The van der Waals surface area contributed by atoms with Crippen LogP contribution in [-0.2, 0) is 9.59 Å². The molecule has 1 aliphatic heterocycles. The maximum absolute atomic E-state index is 12.0. The van der Waals surface area contributed by atoms with Gasteiger partial charge in [0.15, 0.2) is 0 Å². The van der Waals surface area contributed by atoms with E-state index in [9.17, 15) is 9.59 Å². The molecule has 1 N–H and O–H groups in total. The van der Waals surface area contributed by atoms with Crippen LogP contribution >= 0.6 is 0 Å². The molecule has 1 heterocycles. The highest BCUT2D eigenvalue weighted by atomic mass is 16.2. The van der Waals surface area contributed by atoms with Crippen LogP contribution in [0.3, 0.4) is 0 Å². The van der Waals surface area contributed by atoms with Crippen molar-refractivity contribution in [2.75, 3.05) is 6.54 Å². The Labute approximate surface area is 96.4 Å². The summed E-state index contributed by atoms with van der Waals surface area (Å²) in [4.78, 5) is 25.4. The summed E-state index contributed by atoms with van der Waals surface area (Å²) in [5.74, 6) is 0.0234. The van der Waals surface area contributed by atoms with Gasteiger partial charge in [0.1, 0.15) is 12.1 Å². The van der Waals surface area contributed by atoms with E-state index >= 15 is 0 Å². The second kappa shape index (κ2) is 3.75. The SMILES string of the molecule is CC1NC(=O)C(C)N(CC2(C)CCC2)C1=O. The zero-order valence-electron chi connectivity index (χ0n) is 10.2. The van der Waals surface area contributed by atoms with Gasteiger partial charge < -0.3 is 10.2 Å². The second-order valence-corrected chi connectivity index (χ2v) is 5.54. The highest BCUT2D eigenvalue weighted by Crippen LogP contribution is 2.41. The largest absolute Gasteiger partial charge is 0.343 e. The van der Waals surface area contributed by atoms with Crippen molar-refractivity contribution in [3.8, 4) is 0 Å². The average molecular weight is 224 g/mol. The highest BCUT2D eigenvalue weighted by Gasteiger charge is 2.41. The minimum Gasteiger partial charge on any atom is -0.343 e. The fourth-order valence-corrected chi connectivity index (χ4v) is 2.54. The Balaban J connectivity index is 2.10. The normalized spacial score (nSPS) is 33.3. The molecule has 0 aromatic carbocycles. The molecule has 1 saturated heterocycles. The number of piperazine rings is 1. The maximum Gasteiger partial charge on any atom is 0.245 e. The van der Waals surface area contributed by atoms with Crippen LogP contribution in [0.1, 0.15) is 40.0 Å². The van der Waals surface area contributed by atoms with Gasteiger partial charge in [0.2, 0.25) is 11.8 Å². The van der Waals surface area contributed by atoms with Crippen molar-refractivity contribution in [1.82, 2.24) is 10.2 Å². The van der Waals surface area contributed by atoms with Gasteiger partial charge in [0.05, 0.1) is 0 Å². The topological polar surface area (TPSA) is 49.4 Å². The third-order valence-electron chi connectivity index (χ3n) is 3.97. The molecule has 1 saturated carbocycles. The van der Waals surface area contributed by atoms with E-state index in [2.05, 4.69) is 12.2 Å². The minimum atomic E-state index is -0.368. The first kappa shape index (κ1) is 11.4. The zero-order valence-corrected chi connectivity index (χ0v) is 10.2. The summed E-state index contributed by atoms with van der Waals surface area (Å²) in [5.41, 5.74) is 0.237. The van der Waals surface area contributed by atoms with Gasteiger partial charge in [-0.1, -0.05) is 13.3 Å². The summed E-state index contributed by atoms with van der Waals surface area (Å²) in [5, 5.41) is 2.70. The van der Waals surface area contributed by atoms with Crippen molar-refractivity contribution in [1.29, 1.82) is 0 Å². The van der Waals surface area contributed by atoms with E-state index in [-0.39, 0.29) is 29.3 Å². The monoisotopic (exact) mass is 224 g/mol. The van der Waals surface area contributed by atoms with Crippen molar-refractivity contribution >= 4 is 11.8 Å². The molecule has 0 bridgehead atoms. The molecule has 2 atom stereocenters. The van der Waals surface area contributed by atoms with E-state index in [1.54, 1.807) is 18.7 Å². The van der Waals surface area contributed by atoms with Gasteiger partial charge in [-0.05, 0) is 32.1 Å². The van der Waals surface area contributed by atoms with Crippen molar-refractivity contribution in [3.05, 3.63) is 0 Å². The molecule has 0 aromatic rings. The Bertz CT molecular complexity index is 323. The lowest BCUT2D eigenvalue weighted by Crippen LogP contribution is -2.63. The summed E-state index contributed by atoms with van der Waals surface area (Å²) >= 11 is 0. The highest BCUT2D eigenvalue weighted by molar-refractivity contribution is 5.96. The Hall–Kier alpha value is -1.06. The maximum atomic E-state index is 12.0. The van der Waals surface area contributed by atoms with Crippen LogP contribution in [0.5, 0.6) is 0 Å². The molecular weight excluding hydrogens is 204 g/mol. The Morgan fingerprint density at radius 3 is 2.50 bits per heavy atom. The summed E-state index contributed by atoms with van der Waals surface area (Å²) < 4.78 is 0. The third-order valence-corrected chi connectivity index (χ3v) is 3.97. The molecule has 16 heavy (non-hydrogen) atoms. The number of carbonyl (C=O) groups is 2. The van der Waals surface area contributed by atoms with Gasteiger partial charge in [-0.3, -0.25) is 9.59 Å². The number of rotatable bonds is 2. The molecule has 0 aromatic heterocycles. The zero-order chi connectivity index (χ0) is 11.9. The summed E-state index contributed by atoms with van der Waals surface area (Å²) in [6.07, 6.45) is 3.58. The molecule has 4 heteroatoms. The van der Waals surface area contributed by atoms with Crippen molar-refractivity contribution in [2.45, 2.75) is 52.1 Å². The lowest BCUT2D eigenvalue weighted by Gasteiger charge is -2.46. The lowest BCUT2D eigenvalue weighted by molar-refractivity contribution is -0.150. The van der Waals surface area contributed by atoms with Crippen molar-refractivity contribution in [3.63, 3.8) is 0 Å². The number of amides is 2. The number of carbonyl (C=O) groups excluding carboxylic acids is 2. The quantitative estimate of drug-likeness (QED) is 0.758. The molecule has 2 rings (SSSR count). The molecule has 2 unspecified atom stereocenters. The van der Waals surface area contributed by atoms with Gasteiger partial charge in [-0.15, -0.1) is 0 Å². The predicted octanol–water partition coefficient (Wildman–Crippen LogP) is 0.912. The van der Waals surface area contributed by atoms with Crippen LogP contribution in [0.4, 0.5) is 0 Å². The van der Waals surface area contributed by atoms with Crippen LogP contribution < -0.4 is 5.32 Å². The fraction of sp³-hybridized carbons (Fsp3) is 0.833. The number of hydrogen-bond acceptors (Lipinski definition) is 2. The van der Waals surface area contributed by atoms with E-state index in [4.69, 9.17) is 0 Å². The van der Waals surface area contributed by atoms with Gasteiger partial charge in [0.25, 0.3) is 0 Å². The molecule has 0 spiro atoms. The first-order valence-electron chi connectivity index (χ1n) is 6.04. The summed E-state index contributed by atoms with van der Waals surface area (Å²) in [6.45, 7) is 6.49. The first-order chi connectivity index (χ1) is 7.43. The molecule has 90 valence electrons. The Morgan fingerprint density at radius 2 is 2.00 bits per heavy atom. The van der Waals surface area contributed by atoms with E-state index in [1.165, 1.54) is 19.3 Å². The number of hydrogen-bond donors (Lipinski definition) is 1. The molecule has 1 aliphatic carbocycles. The van der Waals surface area contributed by atoms with Crippen LogP contribution in [0.15, 0.2) is 0 Å². The molecule has 2 fully saturated rings. The van der Waals surface area contributed by atoms with E-state index < -0.39 is 0 Å². The minimum absolute atomic E-state index is 0.0324. The average Bonchev–Trinajstić information content (AvgIpc) is 2.19. The van der Waals surface area contributed by atoms with E-state index in [0.717, 1.165) is 6.54 Å². The van der Waals surface area contributed by atoms with Gasteiger partial charge in [-0.2, -0.15) is 0 Å². The second-order valence-electron chi connectivity index (χ2n) is 5.54. The standard InChI is InChI=1S/C12H20N2O2/c1-8-11(16)14(9(2)10(15)13-8)7-12(3)5-4-6-12/h8-9H,4-7H2,1-3H3,(H,13,15). The molecule has 2 amide bonds. The van der Waals surface area contributed by atoms with Crippen molar-refractivity contribution < 1.29 is 9.59 Å². The fourth-order valence-electron chi connectivity index (χ4n) is 2.54. The first-order valence-corrected chi connectivity index (χ1v) is 6.04. The lowest BCUT2D eigenvalue weighted by atomic mass is 9.70. The van der Waals surface area contributed by atoms with Gasteiger partial charge in [-0.25, -0.2) is 0 Å². The third kappa shape index (κ3) is 1.81. The van der Waals surface area contributed by atoms with E-state index in [0.29, 0.717) is 0 Å². The number of nitrogens with one attached hydrogen (secondary N) is 1. The molecule has 4 nitrogen and oxygen atoms in total. The number of nitrogens with zero attached hydrogens (tertiary/aromatic N) is 1. The van der Waals surface area contributed by atoms with Crippen LogP contribution in [0.2, 0.25) is 0 Å². The summed E-state index contributed by atoms with van der Waals surface area (Å²) in [6, 6.07) is -0.687. The summed E-state index contributed by atoms with van der Waals surface area (Å²) in [7, 11) is 0. The Morgan fingerprint density at radius 1 is 1.38 bits per heavy atom. The predicted molar refractivity (Wildman–Crippen MR) is 60.7 cm³/mol. The van der Waals surface area contributed by atoms with Crippen molar-refractivity contribution in [2.24, 2.45) is 5.41 Å². The Kier molecular flexibility index (Phi) is 2.68. The van der Waals surface area contributed by atoms with Crippen LogP contribution in [0, 0.1) is 5.41 Å². The van der Waals surface area contributed by atoms with Crippen LogP contribution in [-0.4, -0.2) is 35.3 Å². The van der Waals surface area contributed by atoms with E-state index in [1.807, 2.05) is 0 Å². The molecule has 0 radical (unpaired) electrons. The smallest absolute Gasteiger partial charge is 0.245 e. The van der Waals surface area contributed by atoms with Crippen LogP contribution in [0.25, 0.3) is 0 Å².